The lowest BCUT2D eigenvalue weighted by Gasteiger charge is -2.36. The first-order chi connectivity index (χ1) is 13.9. The number of nitrogens with one attached hydrogen (secondary N) is 1. The van der Waals surface area contributed by atoms with Gasteiger partial charge in [0.05, 0.1) is 17.3 Å². The first kappa shape index (κ1) is 19.6. The van der Waals surface area contributed by atoms with Gasteiger partial charge in [-0.15, -0.1) is 0 Å². The third kappa shape index (κ3) is 3.91. The van der Waals surface area contributed by atoms with Gasteiger partial charge in [-0.25, -0.2) is 0 Å². The number of ketones is 1. The average molecular weight is 398 g/mol. The highest BCUT2D eigenvalue weighted by molar-refractivity contribution is 6.05. The maximum Gasteiger partial charge on any atom is 0.309 e. The predicted molar refractivity (Wildman–Crippen MR) is 106 cm³/mol. The van der Waals surface area contributed by atoms with Crippen LogP contribution in [0, 0.1) is 17.8 Å². The molecule has 1 heterocycles. The fraction of sp³-hybridized carbons (Fsp3) is 0.545. The van der Waals surface area contributed by atoms with Crippen molar-refractivity contribution in [3.05, 3.63) is 24.3 Å². The zero-order chi connectivity index (χ0) is 20.5. The fourth-order valence-corrected chi connectivity index (χ4v) is 4.96. The zero-order valence-corrected chi connectivity index (χ0v) is 16.6. The third-order valence-electron chi connectivity index (χ3n) is 6.35. The number of fused-ring (bicyclic) bond motifs is 3. The van der Waals surface area contributed by atoms with Crippen LogP contribution in [-0.2, 0) is 23.9 Å². The number of hydrogen-bond donors (Lipinski definition) is 1. The van der Waals surface area contributed by atoms with E-state index in [2.05, 4.69) is 5.32 Å². The number of hydrogen-bond acceptors (Lipinski definition) is 5. The number of Topliss-reactive ketones (excluding diaryl/α,β-unsaturated/α-hetero) is 1. The van der Waals surface area contributed by atoms with Gasteiger partial charge in [-0.3, -0.25) is 19.2 Å². The van der Waals surface area contributed by atoms with Gasteiger partial charge in [-0.2, -0.15) is 0 Å². The standard InChI is InChI=1S/C22H26N2O5/c1-13-9-19(25)23-17-7-2-3-8-18(17)24(13)20(26)12-29-22(28)16-10-14-5-4-6-15(11-16)21(14)27/h2-3,7-8,13-16H,4-6,9-12H2,1H3,(H,23,25)/t13-,14-,15+,16?/m0/s1. The third-order valence-corrected chi connectivity index (χ3v) is 6.35. The smallest absolute Gasteiger partial charge is 0.309 e. The Labute approximate surface area is 169 Å². The molecule has 2 aliphatic carbocycles. The molecule has 3 aliphatic rings. The van der Waals surface area contributed by atoms with Crippen LogP contribution in [-0.4, -0.2) is 36.2 Å². The molecule has 7 heteroatoms. The van der Waals surface area contributed by atoms with Crippen LogP contribution in [0.4, 0.5) is 11.4 Å². The largest absolute Gasteiger partial charge is 0.455 e. The van der Waals surface area contributed by atoms with Gasteiger partial charge in [0.25, 0.3) is 5.91 Å². The summed E-state index contributed by atoms with van der Waals surface area (Å²) in [5, 5.41) is 2.81. The van der Waals surface area contributed by atoms with Gasteiger partial charge in [0, 0.05) is 24.3 Å². The molecule has 154 valence electrons. The molecule has 1 unspecified atom stereocenters. The maximum absolute atomic E-state index is 12.9. The van der Waals surface area contributed by atoms with E-state index in [0.717, 1.165) is 19.3 Å². The monoisotopic (exact) mass is 398 g/mol. The number of esters is 1. The van der Waals surface area contributed by atoms with Crippen LogP contribution in [0.3, 0.4) is 0 Å². The van der Waals surface area contributed by atoms with Gasteiger partial charge in [0.1, 0.15) is 5.78 Å². The van der Waals surface area contributed by atoms with Crippen LogP contribution >= 0.6 is 0 Å². The molecule has 1 aromatic rings. The molecule has 0 saturated heterocycles. The second-order valence-corrected chi connectivity index (χ2v) is 8.39. The highest BCUT2D eigenvalue weighted by Gasteiger charge is 2.42. The van der Waals surface area contributed by atoms with Crippen molar-refractivity contribution in [2.24, 2.45) is 17.8 Å². The Morgan fingerprint density at radius 3 is 2.55 bits per heavy atom. The van der Waals surface area contributed by atoms with Gasteiger partial charge in [-0.05, 0) is 44.7 Å². The minimum absolute atomic E-state index is 0.0367. The molecule has 0 radical (unpaired) electrons. The molecule has 7 nitrogen and oxygen atoms in total. The Balaban J connectivity index is 1.42. The van der Waals surface area contributed by atoms with Crippen LogP contribution in [0.2, 0.25) is 0 Å². The summed E-state index contributed by atoms with van der Waals surface area (Å²) in [6.07, 6.45) is 3.97. The van der Waals surface area contributed by atoms with E-state index in [9.17, 15) is 19.2 Å². The highest BCUT2D eigenvalue weighted by atomic mass is 16.5. The van der Waals surface area contributed by atoms with Crippen molar-refractivity contribution >= 4 is 34.9 Å². The van der Waals surface area contributed by atoms with Crippen LogP contribution < -0.4 is 10.2 Å². The molecule has 0 aromatic heterocycles. The normalized spacial score (nSPS) is 28.8. The second-order valence-electron chi connectivity index (χ2n) is 8.39. The summed E-state index contributed by atoms with van der Waals surface area (Å²) >= 11 is 0. The van der Waals surface area contributed by atoms with E-state index in [1.165, 1.54) is 4.90 Å². The topological polar surface area (TPSA) is 92.8 Å². The van der Waals surface area contributed by atoms with Crippen molar-refractivity contribution < 1.29 is 23.9 Å². The molecule has 29 heavy (non-hydrogen) atoms. The maximum atomic E-state index is 12.9. The van der Waals surface area contributed by atoms with Crippen molar-refractivity contribution in [3.8, 4) is 0 Å². The van der Waals surface area contributed by atoms with E-state index in [-0.39, 0.29) is 48.6 Å². The van der Waals surface area contributed by atoms with Gasteiger partial charge in [0.2, 0.25) is 5.91 Å². The fourth-order valence-electron chi connectivity index (χ4n) is 4.96. The number of ether oxygens (including phenoxy) is 1. The predicted octanol–water partition coefficient (Wildman–Crippen LogP) is 2.69. The van der Waals surface area contributed by atoms with Crippen molar-refractivity contribution in [2.75, 3.05) is 16.8 Å². The minimum Gasteiger partial charge on any atom is -0.455 e. The molecule has 2 fully saturated rings. The summed E-state index contributed by atoms with van der Waals surface area (Å²) < 4.78 is 5.38. The Hall–Kier alpha value is -2.70. The molecule has 1 aliphatic heterocycles. The molecule has 1 aromatic carbocycles. The van der Waals surface area contributed by atoms with Crippen LogP contribution in [0.5, 0.6) is 0 Å². The quantitative estimate of drug-likeness (QED) is 0.791. The first-order valence-electron chi connectivity index (χ1n) is 10.4. The molecular weight excluding hydrogens is 372 g/mol. The SMILES string of the molecule is C[C@H]1CC(=O)Nc2ccccc2N1C(=O)COC(=O)C1C[C@H]2CCC[C@@H](C1)C2=O. The summed E-state index contributed by atoms with van der Waals surface area (Å²) in [4.78, 5) is 51.3. The molecule has 1 N–H and O–H groups in total. The van der Waals surface area contributed by atoms with E-state index in [4.69, 9.17) is 4.74 Å². The highest BCUT2D eigenvalue weighted by Crippen LogP contribution is 2.40. The molecule has 0 spiro atoms. The van der Waals surface area contributed by atoms with E-state index in [0.29, 0.717) is 30.0 Å². The van der Waals surface area contributed by atoms with Gasteiger partial charge < -0.3 is 15.0 Å². The summed E-state index contributed by atoms with van der Waals surface area (Å²) in [6, 6.07) is 6.75. The molecule has 2 bridgehead atoms. The Morgan fingerprint density at radius 1 is 1.14 bits per heavy atom. The number of carbonyl (C=O) groups excluding carboxylic acids is 4. The Morgan fingerprint density at radius 2 is 1.83 bits per heavy atom. The lowest BCUT2D eigenvalue weighted by molar-refractivity contribution is -0.156. The van der Waals surface area contributed by atoms with Crippen LogP contribution in [0.15, 0.2) is 24.3 Å². The Bertz CT molecular complexity index is 835. The van der Waals surface area contributed by atoms with E-state index >= 15 is 0 Å². The number of carbonyl (C=O) groups is 4. The van der Waals surface area contributed by atoms with Crippen molar-refractivity contribution in [1.29, 1.82) is 0 Å². The summed E-state index contributed by atoms with van der Waals surface area (Å²) in [5.41, 5.74) is 1.17. The number of benzene rings is 1. The van der Waals surface area contributed by atoms with E-state index < -0.39 is 5.97 Å². The van der Waals surface area contributed by atoms with Gasteiger partial charge in [0.15, 0.2) is 6.61 Å². The molecule has 2 amide bonds. The van der Waals surface area contributed by atoms with Gasteiger partial charge >= 0.3 is 5.97 Å². The zero-order valence-electron chi connectivity index (χ0n) is 16.6. The number of rotatable bonds is 3. The average Bonchev–Trinajstić information content (AvgIpc) is 2.79. The number of nitrogens with zero attached hydrogens (tertiary/aromatic N) is 1. The minimum atomic E-state index is -0.396. The van der Waals surface area contributed by atoms with Crippen molar-refractivity contribution in [1.82, 2.24) is 0 Å². The summed E-state index contributed by atoms with van der Waals surface area (Å²) in [6.45, 7) is 1.43. The van der Waals surface area contributed by atoms with Crippen molar-refractivity contribution in [2.45, 2.75) is 51.5 Å². The van der Waals surface area contributed by atoms with E-state index in [1.807, 2.05) is 0 Å². The molecular formula is C22H26N2O5. The Kier molecular flexibility index (Phi) is 5.39. The summed E-state index contributed by atoms with van der Waals surface area (Å²) in [5.74, 6) is -1.00. The summed E-state index contributed by atoms with van der Waals surface area (Å²) in [7, 11) is 0. The first-order valence-corrected chi connectivity index (χ1v) is 10.4. The van der Waals surface area contributed by atoms with Crippen LogP contribution in [0.1, 0.15) is 45.4 Å². The lowest BCUT2D eigenvalue weighted by Crippen LogP contribution is -2.43. The number of para-hydroxylation sites is 2. The molecule has 4 rings (SSSR count). The number of anilines is 2. The molecule has 2 saturated carbocycles. The van der Waals surface area contributed by atoms with Crippen LogP contribution in [0.25, 0.3) is 0 Å². The number of amides is 2. The van der Waals surface area contributed by atoms with Gasteiger partial charge in [-0.1, -0.05) is 18.6 Å². The second kappa shape index (κ2) is 7.97. The lowest BCUT2D eigenvalue weighted by atomic mass is 9.67. The van der Waals surface area contributed by atoms with E-state index in [1.54, 1.807) is 31.2 Å². The van der Waals surface area contributed by atoms with Crippen molar-refractivity contribution in [3.63, 3.8) is 0 Å². The molecule has 4 atom stereocenters.